The van der Waals surface area contributed by atoms with Gasteiger partial charge in [-0.2, -0.15) is 0 Å². The number of nitrogens with one attached hydrogen (secondary N) is 3. The van der Waals surface area contributed by atoms with Crippen LogP contribution in [0, 0.1) is 0 Å². The monoisotopic (exact) mass is 590 g/mol. The molecule has 0 saturated carbocycles. The van der Waals surface area contributed by atoms with E-state index in [1.807, 2.05) is 54.6 Å². The van der Waals surface area contributed by atoms with Gasteiger partial charge in [-0.25, -0.2) is 4.79 Å². The number of anilines is 3. The van der Waals surface area contributed by atoms with Crippen molar-refractivity contribution in [2.75, 3.05) is 28.6 Å². The summed E-state index contributed by atoms with van der Waals surface area (Å²) in [6.45, 7) is 0.767. The largest absolute Gasteiger partial charge is 0.481 e. The molecule has 0 saturated heterocycles. The maximum Gasteiger partial charge on any atom is 0.326 e. The van der Waals surface area contributed by atoms with Gasteiger partial charge in [-0.3, -0.25) is 19.3 Å². The molecule has 0 bridgehead atoms. The highest BCUT2D eigenvalue weighted by Gasteiger charge is 2.24. The SMILES string of the molecule is O=C(O)CCC(NC(=O)c1ccccc1)c1ccc(NCC(=O)Cc2ccc(NC(=O)N3CCc4ccccc43)cc2)cc1. The Morgan fingerprint density at radius 2 is 1.48 bits per heavy atom. The van der Waals surface area contributed by atoms with Gasteiger partial charge in [0.15, 0.2) is 5.78 Å². The van der Waals surface area contributed by atoms with Gasteiger partial charge in [0.25, 0.3) is 5.91 Å². The molecule has 44 heavy (non-hydrogen) atoms. The maximum absolute atomic E-state index is 12.8. The number of urea groups is 1. The minimum absolute atomic E-state index is 0.00556. The van der Waals surface area contributed by atoms with E-state index in [2.05, 4.69) is 16.0 Å². The number of Topliss-reactive ketones (excluding diaryl/α,β-unsaturated/α-hetero) is 1. The van der Waals surface area contributed by atoms with Crippen LogP contribution in [0.2, 0.25) is 0 Å². The molecule has 1 aliphatic rings. The van der Waals surface area contributed by atoms with Crippen molar-refractivity contribution in [3.05, 3.63) is 125 Å². The van der Waals surface area contributed by atoms with Gasteiger partial charge in [-0.15, -0.1) is 0 Å². The molecule has 1 unspecified atom stereocenters. The quantitative estimate of drug-likeness (QED) is 0.164. The number of carbonyl (C=O) groups excluding carboxylic acids is 3. The minimum atomic E-state index is -0.937. The van der Waals surface area contributed by atoms with Crippen LogP contribution in [0.3, 0.4) is 0 Å². The van der Waals surface area contributed by atoms with Crippen LogP contribution in [-0.2, 0) is 22.4 Å². The lowest BCUT2D eigenvalue weighted by Gasteiger charge is -2.19. The second kappa shape index (κ2) is 14.2. The minimum Gasteiger partial charge on any atom is -0.481 e. The van der Waals surface area contributed by atoms with Crippen molar-refractivity contribution in [3.63, 3.8) is 0 Å². The molecule has 224 valence electrons. The summed E-state index contributed by atoms with van der Waals surface area (Å²) >= 11 is 0. The fourth-order valence-corrected chi connectivity index (χ4v) is 5.19. The Balaban J connectivity index is 1.11. The lowest BCUT2D eigenvalue weighted by atomic mass is 10.0. The van der Waals surface area contributed by atoms with Crippen molar-refractivity contribution in [2.24, 2.45) is 0 Å². The number of ketones is 1. The van der Waals surface area contributed by atoms with Gasteiger partial charge in [0.05, 0.1) is 12.6 Å². The molecule has 5 rings (SSSR count). The van der Waals surface area contributed by atoms with Gasteiger partial charge in [0, 0.05) is 42.0 Å². The number of amides is 3. The highest BCUT2D eigenvalue weighted by molar-refractivity contribution is 6.03. The molecule has 0 aromatic heterocycles. The summed E-state index contributed by atoms with van der Waals surface area (Å²) in [4.78, 5) is 51.1. The molecule has 1 aliphatic heterocycles. The number of benzene rings is 4. The number of rotatable bonds is 12. The van der Waals surface area contributed by atoms with Crippen molar-refractivity contribution in [2.45, 2.75) is 31.7 Å². The van der Waals surface area contributed by atoms with E-state index in [0.29, 0.717) is 17.8 Å². The highest BCUT2D eigenvalue weighted by atomic mass is 16.4. The van der Waals surface area contributed by atoms with Crippen molar-refractivity contribution in [1.82, 2.24) is 5.32 Å². The van der Waals surface area contributed by atoms with Crippen LogP contribution in [0.5, 0.6) is 0 Å². The molecule has 0 radical (unpaired) electrons. The van der Waals surface area contributed by atoms with Gasteiger partial charge in [-0.1, -0.05) is 60.7 Å². The molecule has 0 fully saturated rings. The Morgan fingerprint density at radius 1 is 0.795 bits per heavy atom. The summed E-state index contributed by atoms with van der Waals surface area (Å²) in [6.07, 6.45) is 1.23. The second-order valence-corrected chi connectivity index (χ2v) is 10.7. The fourth-order valence-electron chi connectivity index (χ4n) is 5.19. The Morgan fingerprint density at radius 3 is 2.20 bits per heavy atom. The molecule has 4 aromatic rings. The summed E-state index contributed by atoms with van der Waals surface area (Å²) < 4.78 is 0. The second-order valence-electron chi connectivity index (χ2n) is 10.7. The van der Waals surface area contributed by atoms with E-state index in [1.54, 1.807) is 53.4 Å². The Kier molecular flexibility index (Phi) is 9.66. The predicted molar refractivity (Wildman–Crippen MR) is 170 cm³/mol. The first-order valence-electron chi connectivity index (χ1n) is 14.5. The summed E-state index contributed by atoms with van der Waals surface area (Å²) in [7, 11) is 0. The lowest BCUT2D eigenvalue weighted by molar-refractivity contribution is -0.137. The zero-order valence-electron chi connectivity index (χ0n) is 24.2. The molecule has 4 aromatic carbocycles. The molecule has 1 heterocycles. The van der Waals surface area contributed by atoms with Crippen molar-refractivity contribution < 1.29 is 24.3 Å². The molecule has 0 aliphatic carbocycles. The number of hydrogen-bond donors (Lipinski definition) is 4. The summed E-state index contributed by atoms with van der Waals surface area (Å²) in [5.74, 6) is -1.22. The Bertz CT molecular complexity index is 1620. The first-order valence-corrected chi connectivity index (χ1v) is 14.5. The van der Waals surface area contributed by atoms with E-state index in [1.165, 1.54) is 0 Å². The summed E-state index contributed by atoms with van der Waals surface area (Å²) in [6, 6.07) is 30.5. The highest BCUT2D eigenvalue weighted by Crippen LogP contribution is 2.28. The van der Waals surface area contributed by atoms with Crippen LogP contribution >= 0.6 is 0 Å². The molecule has 9 heteroatoms. The molecule has 3 amide bonds. The smallest absolute Gasteiger partial charge is 0.326 e. The third kappa shape index (κ3) is 7.89. The number of para-hydroxylation sites is 1. The molecule has 4 N–H and O–H groups in total. The van der Waals surface area contributed by atoms with Crippen LogP contribution in [0.15, 0.2) is 103 Å². The summed E-state index contributed by atoms with van der Waals surface area (Å²) in [5.41, 5.74) is 5.60. The normalized spacial score (nSPS) is 12.6. The molecule has 9 nitrogen and oxygen atoms in total. The standard InChI is InChI=1S/C35H34N4O5/c40-30(22-24-10-14-29(15-11-24)37-35(44)39-21-20-26-6-4-5-9-32(26)39)23-36-28-16-12-25(13-17-28)31(18-19-33(41)42)38-34(43)27-7-2-1-3-8-27/h1-17,31,36H,18-23H2,(H,37,44)(H,38,43)(H,41,42). The van der Waals surface area contributed by atoms with Gasteiger partial charge < -0.3 is 21.1 Å². The van der Waals surface area contributed by atoms with E-state index in [9.17, 15) is 24.3 Å². The zero-order valence-corrected chi connectivity index (χ0v) is 24.2. The predicted octanol–water partition coefficient (Wildman–Crippen LogP) is 5.84. The number of carboxylic acids is 1. The van der Waals surface area contributed by atoms with Gasteiger partial charge in [0.1, 0.15) is 0 Å². The van der Waals surface area contributed by atoms with Gasteiger partial charge in [0.2, 0.25) is 0 Å². The Labute approximate surface area is 255 Å². The molecular formula is C35H34N4O5. The van der Waals surface area contributed by atoms with Crippen molar-refractivity contribution >= 4 is 40.8 Å². The van der Waals surface area contributed by atoms with E-state index in [-0.39, 0.29) is 43.5 Å². The molecule has 1 atom stereocenters. The number of hydrogen-bond acceptors (Lipinski definition) is 5. The van der Waals surface area contributed by atoms with Crippen LogP contribution < -0.4 is 20.9 Å². The van der Waals surface area contributed by atoms with Gasteiger partial charge >= 0.3 is 12.0 Å². The van der Waals surface area contributed by atoms with Crippen molar-refractivity contribution in [3.8, 4) is 0 Å². The lowest BCUT2D eigenvalue weighted by Crippen LogP contribution is -2.33. The van der Waals surface area contributed by atoms with E-state index >= 15 is 0 Å². The topological polar surface area (TPSA) is 128 Å². The van der Waals surface area contributed by atoms with Crippen LogP contribution in [0.4, 0.5) is 21.9 Å². The van der Waals surface area contributed by atoms with Crippen LogP contribution in [0.25, 0.3) is 0 Å². The van der Waals surface area contributed by atoms with E-state index in [4.69, 9.17) is 0 Å². The number of aliphatic carboxylic acids is 1. The summed E-state index contributed by atoms with van der Waals surface area (Å²) in [5, 5.41) is 18.2. The Hall–Kier alpha value is -5.44. The number of carboxylic acid groups (broad SMARTS) is 1. The van der Waals surface area contributed by atoms with E-state index in [0.717, 1.165) is 34.5 Å². The first-order chi connectivity index (χ1) is 21.4. The number of carbonyl (C=O) groups is 4. The molecule has 0 spiro atoms. The zero-order chi connectivity index (χ0) is 30.9. The number of fused-ring (bicyclic) bond motifs is 1. The third-order valence-corrected chi connectivity index (χ3v) is 7.53. The van der Waals surface area contributed by atoms with Crippen molar-refractivity contribution in [1.29, 1.82) is 0 Å². The maximum atomic E-state index is 12.8. The van der Waals surface area contributed by atoms with Crippen LogP contribution in [-0.4, -0.2) is 41.9 Å². The molecular weight excluding hydrogens is 556 g/mol. The average Bonchev–Trinajstić information content (AvgIpc) is 3.48. The third-order valence-electron chi connectivity index (χ3n) is 7.53. The first kappa shape index (κ1) is 30.0. The van der Waals surface area contributed by atoms with Crippen LogP contribution in [0.1, 0.15) is 45.9 Å². The van der Waals surface area contributed by atoms with Gasteiger partial charge in [-0.05, 0) is 72.0 Å². The van der Waals surface area contributed by atoms with E-state index < -0.39 is 12.0 Å². The average molecular weight is 591 g/mol. The number of nitrogens with zero attached hydrogens (tertiary/aromatic N) is 1. The fraction of sp³-hybridized carbons (Fsp3) is 0.200.